The van der Waals surface area contributed by atoms with Gasteiger partial charge in [0.05, 0.1) is 24.6 Å². The van der Waals surface area contributed by atoms with E-state index in [0.29, 0.717) is 36.6 Å². The van der Waals surface area contributed by atoms with Crippen molar-refractivity contribution in [3.05, 3.63) is 114 Å². The van der Waals surface area contributed by atoms with E-state index in [-0.39, 0.29) is 36.6 Å². The molecule has 0 aliphatic carbocycles. The lowest BCUT2D eigenvalue weighted by molar-refractivity contribution is -0.137. The number of likely N-dealkylation sites (N-methyl/N-ethyl adjacent to an activating group) is 1. The maximum absolute atomic E-state index is 13.6. The molecular formula is C38H41F3N4O5. The van der Waals surface area contributed by atoms with E-state index < -0.39 is 23.8 Å². The van der Waals surface area contributed by atoms with Crippen LogP contribution >= 0.6 is 0 Å². The van der Waals surface area contributed by atoms with Crippen molar-refractivity contribution in [1.82, 2.24) is 9.80 Å². The molecule has 0 fully saturated rings. The molecule has 264 valence electrons. The lowest BCUT2D eigenvalue weighted by atomic mass is 10.0. The van der Waals surface area contributed by atoms with Gasteiger partial charge in [-0.05, 0) is 86.3 Å². The number of hydrogen-bond donors (Lipinski definition) is 3. The van der Waals surface area contributed by atoms with Crippen LogP contribution in [0.4, 0.5) is 29.3 Å². The van der Waals surface area contributed by atoms with E-state index in [0.717, 1.165) is 29.2 Å². The summed E-state index contributed by atoms with van der Waals surface area (Å²) >= 11 is 0. The summed E-state index contributed by atoms with van der Waals surface area (Å²) < 4.78 is 51.3. The SMILES string of the molecule is C[C@H](CO)N1C[C@H](C)[C@@H](CN(C)Cc2ccc(Oc3ccccc3)cc2)Oc2ccc(NC(=O)Nc3ccc(C(F)(F)F)cc3)cc2CC1=O. The van der Waals surface area contributed by atoms with Crippen molar-refractivity contribution in [3.63, 3.8) is 0 Å². The minimum Gasteiger partial charge on any atom is -0.488 e. The summed E-state index contributed by atoms with van der Waals surface area (Å²) in [5, 5.41) is 15.2. The van der Waals surface area contributed by atoms with Crippen LogP contribution in [-0.4, -0.2) is 65.7 Å². The molecule has 4 aromatic carbocycles. The third-order valence-corrected chi connectivity index (χ3v) is 8.49. The van der Waals surface area contributed by atoms with Crippen molar-refractivity contribution in [2.75, 3.05) is 37.4 Å². The molecule has 0 bridgehead atoms. The van der Waals surface area contributed by atoms with Crippen molar-refractivity contribution in [3.8, 4) is 17.2 Å². The molecule has 0 saturated carbocycles. The van der Waals surface area contributed by atoms with Gasteiger partial charge in [-0.2, -0.15) is 13.2 Å². The Balaban J connectivity index is 1.29. The average molecular weight is 691 g/mol. The molecule has 1 heterocycles. The van der Waals surface area contributed by atoms with E-state index in [1.165, 1.54) is 12.1 Å². The molecule has 0 aromatic heterocycles. The van der Waals surface area contributed by atoms with Gasteiger partial charge in [0.15, 0.2) is 0 Å². The van der Waals surface area contributed by atoms with Crippen LogP contribution in [0.5, 0.6) is 17.2 Å². The number of aliphatic hydroxyl groups excluding tert-OH is 1. The zero-order valence-corrected chi connectivity index (χ0v) is 28.1. The molecule has 50 heavy (non-hydrogen) atoms. The highest BCUT2D eigenvalue weighted by molar-refractivity contribution is 6.00. The van der Waals surface area contributed by atoms with Crippen LogP contribution < -0.4 is 20.1 Å². The fourth-order valence-corrected chi connectivity index (χ4v) is 5.73. The molecule has 12 heteroatoms. The van der Waals surface area contributed by atoms with E-state index in [1.807, 2.05) is 68.6 Å². The van der Waals surface area contributed by atoms with Gasteiger partial charge < -0.3 is 30.1 Å². The second-order valence-corrected chi connectivity index (χ2v) is 12.6. The Kier molecular flexibility index (Phi) is 11.7. The Morgan fingerprint density at radius 3 is 2.28 bits per heavy atom. The number of urea groups is 1. The second kappa shape index (κ2) is 16.1. The number of carbonyl (C=O) groups excluding carboxylic acids is 2. The number of alkyl halides is 3. The van der Waals surface area contributed by atoms with E-state index in [2.05, 4.69) is 15.5 Å². The van der Waals surface area contributed by atoms with E-state index in [9.17, 15) is 27.9 Å². The molecule has 0 unspecified atom stereocenters. The molecule has 0 saturated heterocycles. The van der Waals surface area contributed by atoms with Crippen molar-refractivity contribution in [1.29, 1.82) is 0 Å². The molecule has 0 spiro atoms. The number of carbonyl (C=O) groups is 2. The smallest absolute Gasteiger partial charge is 0.416 e. The topological polar surface area (TPSA) is 103 Å². The molecule has 3 N–H and O–H groups in total. The number of benzene rings is 4. The van der Waals surface area contributed by atoms with Crippen LogP contribution in [0.3, 0.4) is 0 Å². The summed E-state index contributed by atoms with van der Waals surface area (Å²) in [7, 11) is 2.00. The number of ether oxygens (including phenoxy) is 2. The predicted molar refractivity (Wildman–Crippen MR) is 185 cm³/mol. The molecule has 3 amide bonds. The minimum atomic E-state index is -4.48. The molecule has 1 aliphatic rings. The lowest BCUT2D eigenvalue weighted by Crippen LogP contribution is -2.47. The Labute approximate surface area is 289 Å². The molecule has 0 radical (unpaired) electrons. The molecule has 5 rings (SSSR count). The van der Waals surface area contributed by atoms with Gasteiger partial charge in [-0.15, -0.1) is 0 Å². The first kappa shape index (κ1) is 36.2. The number of anilines is 2. The van der Waals surface area contributed by atoms with Gasteiger partial charge in [0.25, 0.3) is 0 Å². The summed E-state index contributed by atoms with van der Waals surface area (Å²) in [6.07, 6.45) is -4.84. The number of para-hydroxylation sites is 1. The molecular weight excluding hydrogens is 649 g/mol. The number of nitrogens with zero attached hydrogens (tertiary/aromatic N) is 2. The van der Waals surface area contributed by atoms with Gasteiger partial charge in [-0.3, -0.25) is 9.69 Å². The summed E-state index contributed by atoms with van der Waals surface area (Å²) in [5.74, 6) is 1.70. The van der Waals surface area contributed by atoms with Gasteiger partial charge in [-0.1, -0.05) is 37.3 Å². The number of nitrogens with one attached hydrogen (secondary N) is 2. The molecule has 9 nitrogen and oxygen atoms in total. The first-order valence-electron chi connectivity index (χ1n) is 16.3. The zero-order chi connectivity index (χ0) is 35.8. The number of aliphatic hydroxyl groups is 1. The monoisotopic (exact) mass is 690 g/mol. The molecule has 4 aromatic rings. The number of hydrogen-bond acceptors (Lipinski definition) is 6. The van der Waals surface area contributed by atoms with E-state index in [1.54, 1.807) is 30.0 Å². The molecule has 3 atom stereocenters. The third-order valence-electron chi connectivity index (χ3n) is 8.49. The number of rotatable bonds is 10. The highest BCUT2D eigenvalue weighted by Crippen LogP contribution is 2.31. The van der Waals surface area contributed by atoms with Crippen molar-refractivity contribution in [2.45, 2.75) is 45.1 Å². The van der Waals surface area contributed by atoms with Crippen molar-refractivity contribution in [2.24, 2.45) is 5.92 Å². The van der Waals surface area contributed by atoms with Gasteiger partial charge in [0, 0.05) is 42.5 Å². The van der Waals surface area contributed by atoms with Gasteiger partial charge >= 0.3 is 12.2 Å². The Morgan fingerprint density at radius 1 is 0.980 bits per heavy atom. The minimum absolute atomic E-state index is 0.0254. The third kappa shape index (κ3) is 9.76. The van der Waals surface area contributed by atoms with Crippen LogP contribution in [0, 0.1) is 5.92 Å². The lowest BCUT2D eigenvalue weighted by Gasteiger charge is -2.34. The largest absolute Gasteiger partial charge is 0.488 e. The normalized spacial score (nSPS) is 17.1. The summed E-state index contributed by atoms with van der Waals surface area (Å²) in [6.45, 7) is 5.16. The van der Waals surface area contributed by atoms with Crippen LogP contribution in [-0.2, 0) is 23.9 Å². The van der Waals surface area contributed by atoms with Crippen molar-refractivity contribution < 1.29 is 37.3 Å². The second-order valence-electron chi connectivity index (χ2n) is 12.6. The standard InChI is InChI=1S/C38H41F3N4O5/c1-25-21-45(26(2)24-46)36(47)20-28-19-31(43-37(48)42-30-13-11-29(12-14-30)38(39,40)41)15-18-34(28)50-35(25)23-44(3)22-27-9-16-33(17-10-27)49-32-7-5-4-6-8-32/h4-19,25-26,35,46H,20-24H2,1-3H3,(H2,42,43,48)/t25-,26+,35+/m0/s1. The average Bonchev–Trinajstić information content (AvgIpc) is 3.12. The number of fused-ring (bicyclic) bond motifs is 1. The van der Waals surface area contributed by atoms with E-state index in [4.69, 9.17) is 9.47 Å². The van der Waals surface area contributed by atoms with Gasteiger partial charge in [-0.25, -0.2) is 4.79 Å². The van der Waals surface area contributed by atoms with Crippen LogP contribution in [0.2, 0.25) is 0 Å². The number of halogens is 3. The summed E-state index contributed by atoms with van der Waals surface area (Å²) in [4.78, 5) is 30.1. The maximum atomic E-state index is 13.6. The van der Waals surface area contributed by atoms with Crippen LogP contribution in [0.25, 0.3) is 0 Å². The van der Waals surface area contributed by atoms with Crippen LogP contribution in [0.15, 0.2) is 97.1 Å². The Bertz CT molecular complexity index is 1740. The fraction of sp³-hybridized carbons (Fsp3) is 0.316. The number of amides is 3. The maximum Gasteiger partial charge on any atom is 0.416 e. The van der Waals surface area contributed by atoms with Gasteiger partial charge in [0.1, 0.15) is 23.4 Å². The quantitative estimate of drug-likeness (QED) is 0.160. The van der Waals surface area contributed by atoms with Crippen molar-refractivity contribution >= 4 is 23.3 Å². The fourth-order valence-electron chi connectivity index (χ4n) is 5.73. The first-order valence-corrected chi connectivity index (χ1v) is 16.3. The Morgan fingerprint density at radius 2 is 1.62 bits per heavy atom. The van der Waals surface area contributed by atoms with Crippen LogP contribution in [0.1, 0.15) is 30.5 Å². The van der Waals surface area contributed by atoms with Gasteiger partial charge in [0.2, 0.25) is 5.91 Å². The zero-order valence-electron chi connectivity index (χ0n) is 28.1. The Hall–Kier alpha value is -5.07. The summed E-state index contributed by atoms with van der Waals surface area (Å²) in [5.41, 5.74) is 1.36. The highest BCUT2D eigenvalue weighted by Gasteiger charge is 2.32. The summed E-state index contributed by atoms with van der Waals surface area (Å²) in [6, 6.07) is 25.5. The van der Waals surface area contributed by atoms with E-state index >= 15 is 0 Å². The highest BCUT2D eigenvalue weighted by atomic mass is 19.4. The molecule has 1 aliphatic heterocycles. The predicted octanol–water partition coefficient (Wildman–Crippen LogP) is 7.42. The first-order chi connectivity index (χ1) is 23.9.